The molecule has 0 atom stereocenters. The lowest BCUT2D eigenvalue weighted by Crippen LogP contribution is -2.01. The number of rotatable bonds is 6. The topological polar surface area (TPSA) is 50.8 Å². The minimum Gasteiger partial charge on any atom is -0.490 e. The standard InChI is InChI=1S/C16H13BrFN3OS/c17-12-7-5-11(6-8-12)15-19-16(21-20-15)23-10-9-22-14-4-2-1-3-13(14)18/h1-8H,9-10H2,(H,19,20,21). The van der Waals surface area contributed by atoms with Crippen LogP contribution in [0.4, 0.5) is 4.39 Å². The van der Waals surface area contributed by atoms with Crippen molar-refractivity contribution in [1.29, 1.82) is 0 Å². The van der Waals surface area contributed by atoms with E-state index in [1.807, 2.05) is 24.3 Å². The smallest absolute Gasteiger partial charge is 0.208 e. The number of nitrogens with one attached hydrogen (secondary N) is 1. The summed E-state index contributed by atoms with van der Waals surface area (Å²) < 4.78 is 19.8. The molecule has 3 rings (SSSR count). The fraction of sp³-hybridized carbons (Fsp3) is 0.125. The summed E-state index contributed by atoms with van der Waals surface area (Å²) in [5.41, 5.74) is 0.968. The molecular formula is C16H13BrFN3OS. The summed E-state index contributed by atoms with van der Waals surface area (Å²) in [7, 11) is 0. The van der Waals surface area contributed by atoms with Crippen LogP contribution in [0, 0.1) is 5.82 Å². The van der Waals surface area contributed by atoms with E-state index in [0.717, 1.165) is 15.9 Å². The quantitative estimate of drug-likeness (QED) is 0.493. The molecule has 0 aliphatic carbocycles. The molecular weight excluding hydrogens is 381 g/mol. The summed E-state index contributed by atoms with van der Waals surface area (Å²) in [6.45, 7) is 0.383. The van der Waals surface area contributed by atoms with Gasteiger partial charge in [-0.2, -0.15) is 0 Å². The number of para-hydroxylation sites is 1. The van der Waals surface area contributed by atoms with Gasteiger partial charge in [0.2, 0.25) is 5.16 Å². The molecule has 0 spiro atoms. The molecule has 1 N–H and O–H groups in total. The molecule has 0 bridgehead atoms. The largest absolute Gasteiger partial charge is 0.490 e. The number of aromatic nitrogens is 3. The molecule has 1 heterocycles. The number of halogens is 2. The van der Waals surface area contributed by atoms with Crippen LogP contribution in [0.15, 0.2) is 58.2 Å². The molecule has 0 fully saturated rings. The molecule has 23 heavy (non-hydrogen) atoms. The van der Waals surface area contributed by atoms with E-state index in [1.165, 1.54) is 17.8 Å². The fourth-order valence-electron chi connectivity index (χ4n) is 1.89. The lowest BCUT2D eigenvalue weighted by atomic mass is 10.2. The van der Waals surface area contributed by atoms with Crippen LogP contribution in [-0.2, 0) is 0 Å². The second-order valence-corrected chi connectivity index (χ2v) is 6.58. The molecule has 0 aliphatic heterocycles. The minimum absolute atomic E-state index is 0.263. The Hall–Kier alpha value is -1.86. The Kier molecular flexibility index (Phi) is 5.30. The predicted molar refractivity (Wildman–Crippen MR) is 92.1 cm³/mol. The molecule has 0 saturated carbocycles. The maximum Gasteiger partial charge on any atom is 0.208 e. The second-order valence-electron chi connectivity index (χ2n) is 4.60. The molecule has 7 heteroatoms. The first-order valence-electron chi connectivity index (χ1n) is 6.91. The third-order valence-corrected chi connectivity index (χ3v) is 4.33. The van der Waals surface area contributed by atoms with Gasteiger partial charge in [-0.05, 0) is 24.3 Å². The SMILES string of the molecule is Fc1ccccc1OCCSc1n[nH]c(-c2ccc(Br)cc2)n1. The van der Waals surface area contributed by atoms with E-state index in [4.69, 9.17) is 4.74 Å². The fourth-order valence-corrected chi connectivity index (χ4v) is 2.77. The van der Waals surface area contributed by atoms with Gasteiger partial charge in [-0.1, -0.05) is 52.0 Å². The van der Waals surface area contributed by atoms with Crippen molar-refractivity contribution in [2.45, 2.75) is 5.16 Å². The highest BCUT2D eigenvalue weighted by Gasteiger charge is 2.07. The van der Waals surface area contributed by atoms with E-state index in [0.29, 0.717) is 17.5 Å². The van der Waals surface area contributed by atoms with Crippen LogP contribution >= 0.6 is 27.7 Å². The Morgan fingerprint density at radius 1 is 1.13 bits per heavy atom. The van der Waals surface area contributed by atoms with E-state index < -0.39 is 0 Å². The van der Waals surface area contributed by atoms with E-state index in [2.05, 4.69) is 31.1 Å². The molecule has 118 valence electrons. The summed E-state index contributed by atoms with van der Waals surface area (Å²) >= 11 is 4.85. The number of benzene rings is 2. The van der Waals surface area contributed by atoms with Gasteiger partial charge in [-0.15, -0.1) is 5.10 Å². The molecule has 0 radical (unpaired) electrons. The third-order valence-electron chi connectivity index (χ3n) is 2.99. The maximum atomic E-state index is 13.4. The number of thioether (sulfide) groups is 1. The van der Waals surface area contributed by atoms with Crippen molar-refractivity contribution in [2.75, 3.05) is 12.4 Å². The Morgan fingerprint density at radius 3 is 2.70 bits per heavy atom. The van der Waals surface area contributed by atoms with E-state index in [-0.39, 0.29) is 11.6 Å². The lowest BCUT2D eigenvalue weighted by Gasteiger charge is -2.05. The monoisotopic (exact) mass is 393 g/mol. The van der Waals surface area contributed by atoms with Gasteiger partial charge >= 0.3 is 0 Å². The van der Waals surface area contributed by atoms with Crippen LogP contribution in [0.5, 0.6) is 5.75 Å². The van der Waals surface area contributed by atoms with Gasteiger partial charge in [-0.25, -0.2) is 9.37 Å². The first-order valence-corrected chi connectivity index (χ1v) is 8.69. The summed E-state index contributed by atoms with van der Waals surface area (Å²) in [4.78, 5) is 4.42. The Balaban J connectivity index is 1.52. The van der Waals surface area contributed by atoms with Gasteiger partial charge in [0.25, 0.3) is 0 Å². The number of H-pyrrole nitrogens is 1. The Labute approximate surface area is 145 Å². The van der Waals surface area contributed by atoms with Crippen molar-refractivity contribution in [3.8, 4) is 17.1 Å². The summed E-state index contributed by atoms with van der Waals surface area (Å²) in [5.74, 6) is 1.26. The zero-order valence-electron chi connectivity index (χ0n) is 12.0. The van der Waals surface area contributed by atoms with Crippen molar-refractivity contribution in [2.24, 2.45) is 0 Å². The number of nitrogens with zero attached hydrogens (tertiary/aromatic N) is 2. The molecule has 0 unspecified atom stereocenters. The number of hydrogen-bond donors (Lipinski definition) is 1. The maximum absolute atomic E-state index is 13.4. The van der Waals surface area contributed by atoms with Crippen LogP contribution in [-0.4, -0.2) is 27.5 Å². The van der Waals surface area contributed by atoms with Crippen LogP contribution in [0.3, 0.4) is 0 Å². The van der Waals surface area contributed by atoms with Gasteiger partial charge in [0.05, 0.1) is 6.61 Å². The molecule has 0 aliphatic rings. The first-order chi connectivity index (χ1) is 11.2. The lowest BCUT2D eigenvalue weighted by molar-refractivity contribution is 0.325. The van der Waals surface area contributed by atoms with Crippen LogP contribution < -0.4 is 4.74 Å². The number of hydrogen-bond acceptors (Lipinski definition) is 4. The van der Waals surface area contributed by atoms with Crippen molar-refractivity contribution >= 4 is 27.7 Å². The number of aromatic amines is 1. The number of ether oxygens (including phenoxy) is 1. The first kappa shape index (κ1) is 16.0. The van der Waals surface area contributed by atoms with Crippen molar-refractivity contribution < 1.29 is 9.13 Å². The molecule has 3 aromatic rings. The van der Waals surface area contributed by atoms with Crippen LogP contribution in [0.25, 0.3) is 11.4 Å². The average Bonchev–Trinajstić information content (AvgIpc) is 3.03. The third kappa shape index (κ3) is 4.33. The predicted octanol–water partition coefficient (Wildman–Crippen LogP) is 4.54. The Bertz CT molecular complexity index is 779. The van der Waals surface area contributed by atoms with E-state index in [9.17, 15) is 4.39 Å². The van der Waals surface area contributed by atoms with Crippen molar-refractivity contribution in [3.63, 3.8) is 0 Å². The molecule has 0 amide bonds. The van der Waals surface area contributed by atoms with E-state index in [1.54, 1.807) is 18.2 Å². The second kappa shape index (κ2) is 7.61. The molecule has 1 aromatic heterocycles. The average molecular weight is 394 g/mol. The molecule has 0 saturated heterocycles. The van der Waals surface area contributed by atoms with Crippen molar-refractivity contribution in [3.05, 3.63) is 58.8 Å². The molecule has 4 nitrogen and oxygen atoms in total. The highest BCUT2D eigenvalue weighted by molar-refractivity contribution is 9.10. The highest BCUT2D eigenvalue weighted by atomic mass is 79.9. The summed E-state index contributed by atoms with van der Waals surface area (Å²) in [5, 5.41) is 7.71. The minimum atomic E-state index is -0.354. The van der Waals surface area contributed by atoms with Gasteiger partial charge in [0, 0.05) is 15.8 Å². The van der Waals surface area contributed by atoms with Gasteiger partial charge in [0.1, 0.15) is 0 Å². The van der Waals surface area contributed by atoms with Crippen molar-refractivity contribution in [1.82, 2.24) is 15.2 Å². The summed E-state index contributed by atoms with van der Waals surface area (Å²) in [6, 6.07) is 14.2. The summed E-state index contributed by atoms with van der Waals surface area (Å²) in [6.07, 6.45) is 0. The van der Waals surface area contributed by atoms with Gasteiger partial charge in [-0.3, -0.25) is 5.10 Å². The zero-order chi connectivity index (χ0) is 16.1. The Morgan fingerprint density at radius 2 is 1.91 bits per heavy atom. The van der Waals surface area contributed by atoms with E-state index >= 15 is 0 Å². The van der Waals surface area contributed by atoms with Gasteiger partial charge in [0.15, 0.2) is 17.4 Å². The highest BCUT2D eigenvalue weighted by Crippen LogP contribution is 2.21. The molecule has 2 aromatic carbocycles. The van der Waals surface area contributed by atoms with Crippen LogP contribution in [0.2, 0.25) is 0 Å². The van der Waals surface area contributed by atoms with Gasteiger partial charge < -0.3 is 4.74 Å². The van der Waals surface area contributed by atoms with Crippen LogP contribution in [0.1, 0.15) is 0 Å². The zero-order valence-corrected chi connectivity index (χ0v) is 14.4. The normalized spacial score (nSPS) is 10.7.